The van der Waals surface area contributed by atoms with E-state index >= 15 is 0 Å². The minimum absolute atomic E-state index is 0.0326. The fraction of sp³-hybridized carbons (Fsp3) is 0.667. The smallest absolute Gasteiger partial charge is 0.267 e. The van der Waals surface area contributed by atoms with Crippen LogP contribution in [-0.2, 0) is 22.9 Å². The van der Waals surface area contributed by atoms with Crippen LogP contribution in [-0.4, -0.2) is 62.6 Å². The molecule has 0 radical (unpaired) electrons. The molecule has 128 valence electrons. The molecule has 2 aliphatic rings. The maximum atomic E-state index is 12.8. The summed E-state index contributed by atoms with van der Waals surface area (Å²) in [6, 6.07) is 0. The van der Waals surface area contributed by atoms with Crippen LogP contribution in [0.5, 0.6) is 5.75 Å². The average Bonchev–Trinajstić information content (AvgIpc) is 3.14. The number of rotatable bonds is 4. The Balaban J connectivity index is 1.74. The van der Waals surface area contributed by atoms with E-state index in [-0.39, 0.29) is 11.7 Å². The molecule has 0 aromatic carbocycles. The Morgan fingerprint density at radius 3 is 2.52 bits per heavy atom. The highest BCUT2D eigenvalue weighted by Crippen LogP contribution is 2.41. The molecule has 1 amide bonds. The van der Waals surface area contributed by atoms with Gasteiger partial charge in [0.15, 0.2) is 0 Å². The van der Waals surface area contributed by atoms with E-state index in [1.165, 1.54) is 26.1 Å². The molecule has 0 atom stereocenters. The Bertz CT molecular complexity index is 703. The van der Waals surface area contributed by atoms with Gasteiger partial charge in [0.2, 0.25) is 10.0 Å². The number of nitrogens with zero attached hydrogens (tertiary/aromatic N) is 2. The van der Waals surface area contributed by atoms with Crippen molar-refractivity contribution in [2.24, 2.45) is 0 Å². The van der Waals surface area contributed by atoms with Gasteiger partial charge in [-0.1, -0.05) is 0 Å². The van der Waals surface area contributed by atoms with Gasteiger partial charge in [0.05, 0.1) is 12.9 Å². The second kappa shape index (κ2) is 6.41. The van der Waals surface area contributed by atoms with Gasteiger partial charge >= 0.3 is 0 Å². The number of aryl methyl sites for hydroxylation is 1. The van der Waals surface area contributed by atoms with E-state index in [0.29, 0.717) is 31.1 Å². The third-order valence-corrected chi connectivity index (χ3v) is 7.70. The Kier molecular flexibility index (Phi) is 4.66. The minimum Gasteiger partial charge on any atom is -0.495 e. The van der Waals surface area contributed by atoms with Gasteiger partial charge in [0.1, 0.15) is 10.6 Å². The maximum Gasteiger partial charge on any atom is 0.267 e. The molecule has 1 aliphatic carbocycles. The zero-order valence-corrected chi connectivity index (χ0v) is 15.1. The van der Waals surface area contributed by atoms with Crippen molar-refractivity contribution >= 4 is 27.3 Å². The third-order valence-electron chi connectivity index (χ3n) is 4.56. The monoisotopic (exact) mass is 358 g/mol. The minimum atomic E-state index is -3.17. The number of carbonyl (C=O) groups excluding carboxylic acids is 1. The highest BCUT2D eigenvalue weighted by Gasteiger charge is 2.32. The summed E-state index contributed by atoms with van der Waals surface area (Å²) in [5, 5.41) is 0. The van der Waals surface area contributed by atoms with Crippen LogP contribution in [0.15, 0.2) is 0 Å². The number of fused-ring (bicyclic) bond motifs is 1. The molecule has 0 spiro atoms. The Labute approximate surface area is 141 Å². The molecule has 0 unspecified atom stereocenters. The molecule has 0 saturated carbocycles. The van der Waals surface area contributed by atoms with Crippen molar-refractivity contribution < 1.29 is 17.9 Å². The summed E-state index contributed by atoms with van der Waals surface area (Å²) in [7, 11) is -1.56. The number of hydrogen-bond acceptors (Lipinski definition) is 5. The van der Waals surface area contributed by atoms with Gasteiger partial charge in [-0.15, -0.1) is 11.3 Å². The van der Waals surface area contributed by atoms with Crippen LogP contribution in [0.25, 0.3) is 0 Å². The second-order valence-electron chi connectivity index (χ2n) is 5.81. The molecular formula is C15H22N2O4S2. The van der Waals surface area contributed by atoms with E-state index in [2.05, 4.69) is 0 Å². The summed E-state index contributed by atoms with van der Waals surface area (Å²) in [5.41, 5.74) is 1.19. The molecule has 1 aliphatic heterocycles. The third kappa shape index (κ3) is 2.99. The van der Waals surface area contributed by atoms with E-state index < -0.39 is 10.0 Å². The lowest BCUT2D eigenvalue weighted by Gasteiger charge is -2.33. The number of thiophene rings is 1. The summed E-state index contributed by atoms with van der Waals surface area (Å²) >= 11 is 1.54. The first kappa shape index (κ1) is 16.7. The lowest BCUT2D eigenvalue weighted by atomic mass is 10.2. The quantitative estimate of drug-likeness (QED) is 0.815. The topological polar surface area (TPSA) is 66.9 Å². The molecule has 0 N–H and O–H groups in total. The summed E-state index contributed by atoms with van der Waals surface area (Å²) in [6.07, 6.45) is 3.12. The van der Waals surface area contributed by atoms with Crippen LogP contribution < -0.4 is 4.74 Å². The highest BCUT2D eigenvalue weighted by atomic mass is 32.2. The zero-order valence-electron chi connectivity index (χ0n) is 13.5. The molecule has 1 aromatic rings. The largest absolute Gasteiger partial charge is 0.495 e. The van der Waals surface area contributed by atoms with E-state index in [0.717, 1.165) is 25.0 Å². The van der Waals surface area contributed by atoms with E-state index in [9.17, 15) is 13.2 Å². The van der Waals surface area contributed by atoms with Crippen molar-refractivity contribution in [3.63, 3.8) is 0 Å². The molecule has 8 heteroatoms. The number of methoxy groups -OCH3 is 1. The van der Waals surface area contributed by atoms with Crippen LogP contribution >= 0.6 is 11.3 Å². The normalized spacial score (nSPS) is 19.0. The van der Waals surface area contributed by atoms with Crippen LogP contribution in [0.1, 0.15) is 33.5 Å². The van der Waals surface area contributed by atoms with Crippen molar-refractivity contribution in [3.8, 4) is 5.75 Å². The first-order valence-corrected chi connectivity index (χ1v) is 10.4. The van der Waals surface area contributed by atoms with Crippen LogP contribution in [0, 0.1) is 0 Å². The first-order valence-electron chi connectivity index (χ1n) is 7.93. The zero-order chi connectivity index (χ0) is 16.6. The molecule has 3 rings (SSSR count). The van der Waals surface area contributed by atoms with Gasteiger partial charge in [0, 0.05) is 36.6 Å². The van der Waals surface area contributed by atoms with Gasteiger partial charge in [-0.3, -0.25) is 4.79 Å². The van der Waals surface area contributed by atoms with Gasteiger partial charge in [-0.2, -0.15) is 4.31 Å². The van der Waals surface area contributed by atoms with Crippen molar-refractivity contribution in [3.05, 3.63) is 15.3 Å². The number of hydrogen-bond donors (Lipinski definition) is 0. The number of sulfonamides is 1. The van der Waals surface area contributed by atoms with Crippen molar-refractivity contribution in [2.75, 3.05) is 39.0 Å². The standard InChI is InChI=1S/C15H22N2O4S2/c1-3-23(19,20)17-9-7-16(8-10-17)15(18)14-13(21-2)11-5-4-6-12(11)22-14/h3-10H2,1-2H3. The van der Waals surface area contributed by atoms with Crippen LogP contribution in [0.4, 0.5) is 0 Å². The Morgan fingerprint density at radius 2 is 1.91 bits per heavy atom. The lowest BCUT2D eigenvalue weighted by molar-refractivity contribution is 0.0699. The molecule has 2 heterocycles. The summed E-state index contributed by atoms with van der Waals surface area (Å²) < 4.78 is 30.8. The van der Waals surface area contributed by atoms with E-state index in [1.807, 2.05) is 0 Å². The summed E-state index contributed by atoms with van der Waals surface area (Å²) in [6.45, 7) is 3.25. The molecule has 6 nitrogen and oxygen atoms in total. The molecule has 1 aromatic heterocycles. The van der Waals surface area contributed by atoms with E-state index in [4.69, 9.17) is 4.74 Å². The van der Waals surface area contributed by atoms with E-state index in [1.54, 1.807) is 18.9 Å². The number of ether oxygens (including phenoxy) is 1. The lowest BCUT2D eigenvalue weighted by Crippen LogP contribution is -2.50. The fourth-order valence-electron chi connectivity index (χ4n) is 3.23. The van der Waals surface area contributed by atoms with Crippen molar-refractivity contribution in [1.82, 2.24) is 9.21 Å². The predicted molar refractivity (Wildman–Crippen MR) is 89.8 cm³/mol. The van der Waals surface area contributed by atoms with Gasteiger partial charge in [-0.25, -0.2) is 8.42 Å². The van der Waals surface area contributed by atoms with Crippen molar-refractivity contribution in [2.45, 2.75) is 26.2 Å². The van der Waals surface area contributed by atoms with Crippen LogP contribution in [0.2, 0.25) is 0 Å². The van der Waals surface area contributed by atoms with Gasteiger partial charge in [-0.05, 0) is 26.2 Å². The highest BCUT2D eigenvalue weighted by molar-refractivity contribution is 7.89. The van der Waals surface area contributed by atoms with Crippen molar-refractivity contribution in [1.29, 1.82) is 0 Å². The van der Waals surface area contributed by atoms with Crippen LogP contribution in [0.3, 0.4) is 0 Å². The number of carbonyl (C=O) groups is 1. The maximum absolute atomic E-state index is 12.8. The Morgan fingerprint density at radius 1 is 1.22 bits per heavy atom. The fourth-order valence-corrected chi connectivity index (χ4v) is 5.64. The number of amides is 1. The average molecular weight is 358 g/mol. The van der Waals surface area contributed by atoms with Gasteiger partial charge < -0.3 is 9.64 Å². The second-order valence-corrected chi connectivity index (χ2v) is 9.17. The molecule has 1 saturated heterocycles. The molecule has 23 heavy (non-hydrogen) atoms. The predicted octanol–water partition coefficient (Wildman–Crippen LogP) is 1.35. The number of piperazine rings is 1. The first-order chi connectivity index (χ1) is 11.0. The van der Waals surface area contributed by atoms with Gasteiger partial charge in [0.25, 0.3) is 5.91 Å². The SMILES string of the molecule is CCS(=O)(=O)N1CCN(C(=O)c2sc3c(c2OC)CCC3)CC1. The Hall–Kier alpha value is -1.12. The molecule has 1 fully saturated rings. The summed E-state index contributed by atoms with van der Waals surface area (Å²) in [5.74, 6) is 0.803. The molecule has 0 bridgehead atoms. The summed E-state index contributed by atoms with van der Waals surface area (Å²) in [4.78, 5) is 16.5. The molecular weight excluding hydrogens is 336 g/mol.